The highest BCUT2D eigenvalue weighted by Gasteiger charge is 2.22. The van der Waals surface area contributed by atoms with Crippen LogP contribution in [0.3, 0.4) is 0 Å². The van der Waals surface area contributed by atoms with Crippen LogP contribution in [0.15, 0.2) is 48.9 Å². The van der Waals surface area contributed by atoms with E-state index in [2.05, 4.69) is 16.9 Å². The molecule has 4 rings (SSSR count). The average Bonchev–Trinajstić information content (AvgIpc) is 3.20. The second-order valence-electron chi connectivity index (χ2n) is 5.15. The van der Waals surface area contributed by atoms with Crippen LogP contribution in [-0.2, 0) is 11.2 Å². The number of rotatable bonds is 0. The normalized spacial score (nSPS) is 11.4. The van der Waals surface area contributed by atoms with Crippen molar-refractivity contribution in [3.8, 4) is 0 Å². The first-order valence-corrected chi connectivity index (χ1v) is 8.89. The largest absolute Gasteiger partial charge is 0.360 e. The van der Waals surface area contributed by atoms with Crippen molar-refractivity contribution >= 4 is 22.5 Å². The van der Waals surface area contributed by atoms with E-state index in [1.807, 2.05) is 83.7 Å². The van der Waals surface area contributed by atoms with E-state index < -0.39 is 0 Å². The van der Waals surface area contributed by atoms with Gasteiger partial charge in [-0.05, 0) is 30.2 Å². The molecule has 0 saturated carbocycles. The molecule has 1 aliphatic heterocycles. The molecule has 1 aliphatic rings. The van der Waals surface area contributed by atoms with Gasteiger partial charge in [0.05, 0.1) is 18.1 Å². The van der Waals surface area contributed by atoms with Crippen LogP contribution in [0.25, 0.3) is 10.9 Å². The number of carbonyl (C=O) groups excluding carboxylic acids is 1. The lowest BCUT2D eigenvalue weighted by Gasteiger charge is -2.08. The third kappa shape index (κ3) is 4.92. The van der Waals surface area contributed by atoms with Crippen molar-refractivity contribution in [3.05, 3.63) is 60.0 Å². The molecule has 1 amide bonds. The van der Waals surface area contributed by atoms with Crippen LogP contribution in [0.5, 0.6) is 0 Å². The second kappa shape index (κ2) is 10.3. The minimum Gasteiger partial charge on any atom is -0.360 e. The Morgan fingerprint density at radius 2 is 1.76 bits per heavy atom. The summed E-state index contributed by atoms with van der Waals surface area (Å²) in [6.07, 6.45) is 6.20. The molecule has 0 bridgehead atoms. The highest BCUT2D eigenvalue weighted by molar-refractivity contribution is 6.00. The number of hydrogen-bond donors (Lipinski definition) is 1. The van der Waals surface area contributed by atoms with E-state index in [1.54, 1.807) is 4.90 Å². The number of anilines is 1. The maximum Gasteiger partial charge on any atom is 0.231 e. The minimum absolute atomic E-state index is 0.186. The molecule has 4 nitrogen and oxygen atoms in total. The van der Waals surface area contributed by atoms with E-state index in [1.165, 1.54) is 10.9 Å². The number of aryl methyl sites for hydroxylation is 1. The molecule has 0 radical (unpaired) electrons. The first kappa shape index (κ1) is 20.4. The summed E-state index contributed by atoms with van der Waals surface area (Å²) in [7, 11) is 1.81. The predicted molar refractivity (Wildman–Crippen MR) is 107 cm³/mol. The second-order valence-corrected chi connectivity index (χ2v) is 5.15. The fourth-order valence-electron chi connectivity index (χ4n) is 2.52. The van der Waals surface area contributed by atoms with Crippen molar-refractivity contribution in [1.29, 1.82) is 0 Å². The molecular weight excluding hydrogens is 310 g/mol. The molecule has 0 saturated heterocycles. The van der Waals surface area contributed by atoms with Gasteiger partial charge >= 0.3 is 0 Å². The quantitative estimate of drug-likeness (QED) is 0.617. The molecular formula is C21H29N3O. The van der Waals surface area contributed by atoms with Crippen molar-refractivity contribution in [3.63, 3.8) is 0 Å². The highest BCUT2D eigenvalue weighted by Crippen LogP contribution is 2.26. The number of aromatic nitrogens is 2. The predicted octanol–water partition coefficient (Wildman–Crippen LogP) is 5.13. The molecule has 134 valence electrons. The van der Waals surface area contributed by atoms with Crippen LogP contribution in [-0.4, -0.2) is 22.9 Å². The van der Waals surface area contributed by atoms with Gasteiger partial charge in [-0.1, -0.05) is 45.9 Å². The Bertz CT molecular complexity index is 792. The summed E-state index contributed by atoms with van der Waals surface area (Å²) in [5.41, 5.74) is 4.58. The minimum atomic E-state index is 0.186. The molecule has 0 unspecified atom stereocenters. The maximum absolute atomic E-state index is 11.2. The topological polar surface area (TPSA) is 49.0 Å². The van der Waals surface area contributed by atoms with Crippen molar-refractivity contribution in [2.24, 2.45) is 0 Å². The van der Waals surface area contributed by atoms with Gasteiger partial charge < -0.3 is 9.88 Å². The maximum atomic E-state index is 11.2. The monoisotopic (exact) mass is 339 g/mol. The van der Waals surface area contributed by atoms with Crippen LogP contribution >= 0.6 is 0 Å². The third-order valence-corrected chi connectivity index (χ3v) is 3.76. The molecule has 3 heterocycles. The van der Waals surface area contributed by atoms with Crippen molar-refractivity contribution in [2.75, 3.05) is 11.9 Å². The molecule has 2 aromatic heterocycles. The summed E-state index contributed by atoms with van der Waals surface area (Å²) in [6.45, 7) is 10.1. The van der Waals surface area contributed by atoms with Gasteiger partial charge in [-0.2, -0.15) is 0 Å². The summed E-state index contributed by atoms with van der Waals surface area (Å²) >= 11 is 0. The molecule has 0 aliphatic carbocycles. The van der Waals surface area contributed by atoms with Crippen molar-refractivity contribution in [2.45, 2.75) is 41.0 Å². The van der Waals surface area contributed by atoms with Crippen LogP contribution in [0.1, 0.15) is 38.8 Å². The Morgan fingerprint density at radius 3 is 2.40 bits per heavy atom. The van der Waals surface area contributed by atoms with Crippen molar-refractivity contribution < 1.29 is 4.79 Å². The number of benzene rings is 1. The smallest absolute Gasteiger partial charge is 0.231 e. The van der Waals surface area contributed by atoms with Crippen LogP contribution < -0.4 is 4.90 Å². The molecule has 0 atom stereocenters. The number of amides is 1. The molecule has 1 aromatic carbocycles. The summed E-state index contributed by atoms with van der Waals surface area (Å²) in [5, 5.41) is 1.26. The van der Waals surface area contributed by atoms with Gasteiger partial charge in [-0.15, -0.1) is 0 Å². The van der Waals surface area contributed by atoms with Gasteiger partial charge in [0.15, 0.2) is 0 Å². The Balaban J connectivity index is 0.000000210. The van der Waals surface area contributed by atoms with Crippen molar-refractivity contribution in [1.82, 2.24) is 9.97 Å². The average molecular weight is 339 g/mol. The summed E-state index contributed by atoms with van der Waals surface area (Å²) < 4.78 is 0. The van der Waals surface area contributed by atoms with E-state index in [0.717, 1.165) is 16.8 Å². The zero-order valence-corrected chi connectivity index (χ0v) is 16.1. The highest BCUT2D eigenvalue weighted by atomic mass is 16.2. The first-order valence-electron chi connectivity index (χ1n) is 8.89. The van der Waals surface area contributed by atoms with Gasteiger partial charge in [0.25, 0.3) is 0 Å². The SMILES string of the molecule is CC.CC.CN1C(=O)Cc2ccccc21.Cc1c[nH]c2cnccc12. The number of H-pyrrole nitrogens is 1. The molecule has 4 heteroatoms. The number of nitrogens with zero attached hydrogens (tertiary/aromatic N) is 2. The lowest BCUT2D eigenvalue weighted by atomic mass is 10.2. The van der Waals surface area contributed by atoms with E-state index in [-0.39, 0.29) is 5.91 Å². The Morgan fingerprint density at radius 1 is 1.08 bits per heavy atom. The number of hydrogen-bond acceptors (Lipinski definition) is 2. The van der Waals surface area contributed by atoms with Gasteiger partial charge in [0.2, 0.25) is 5.91 Å². The lowest BCUT2D eigenvalue weighted by Crippen LogP contribution is -2.20. The van der Waals surface area contributed by atoms with E-state index in [9.17, 15) is 4.79 Å². The van der Waals surface area contributed by atoms with E-state index in [0.29, 0.717) is 6.42 Å². The Labute approximate surface area is 150 Å². The number of likely N-dealkylation sites (N-methyl/N-ethyl adjacent to an activating group) is 1. The number of pyridine rings is 1. The zero-order chi connectivity index (χ0) is 18.8. The molecule has 1 N–H and O–H groups in total. The number of carbonyl (C=O) groups is 1. The molecule has 3 aromatic rings. The zero-order valence-electron chi connectivity index (χ0n) is 16.1. The van der Waals surface area contributed by atoms with Gasteiger partial charge in [-0.25, -0.2) is 0 Å². The Hall–Kier alpha value is -2.62. The number of fused-ring (bicyclic) bond motifs is 2. The Kier molecular flexibility index (Phi) is 8.40. The van der Waals surface area contributed by atoms with E-state index in [4.69, 9.17) is 0 Å². The number of para-hydroxylation sites is 1. The van der Waals surface area contributed by atoms with Crippen LogP contribution in [0.4, 0.5) is 5.69 Å². The summed E-state index contributed by atoms with van der Waals surface area (Å²) in [4.78, 5) is 20.0. The lowest BCUT2D eigenvalue weighted by molar-refractivity contribution is -0.117. The number of aromatic amines is 1. The van der Waals surface area contributed by atoms with E-state index >= 15 is 0 Å². The van der Waals surface area contributed by atoms with Gasteiger partial charge in [0, 0.05) is 30.5 Å². The number of nitrogens with one attached hydrogen (secondary N) is 1. The van der Waals surface area contributed by atoms with Crippen LogP contribution in [0, 0.1) is 6.92 Å². The molecule has 0 spiro atoms. The first-order chi connectivity index (χ1) is 12.2. The third-order valence-electron chi connectivity index (χ3n) is 3.76. The summed E-state index contributed by atoms with van der Waals surface area (Å²) in [5.74, 6) is 0.186. The van der Waals surface area contributed by atoms with Gasteiger partial charge in [0.1, 0.15) is 0 Å². The van der Waals surface area contributed by atoms with Crippen LogP contribution in [0.2, 0.25) is 0 Å². The summed E-state index contributed by atoms with van der Waals surface area (Å²) in [6, 6.07) is 9.90. The fourth-order valence-corrected chi connectivity index (χ4v) is 2.52. The van der Waals surface area contributed by atoms with Gasteiger partial charge in [-0.3, -0.25) is 9.78 Å². The fraction of sp³-hybridized carbons (Fsp3) is 0.333. The molecule has 0 fully saturated rings. The molecule has 25 heavy (non-hydrogen) atoms. The standard InChI is InChI=1S/C9H9NO.C8H8N2.2C2H6/c1-10-8-5-3-2-4-7(8)6-9(10)11;1-6-4-10-8-5-9-3-2-7(6)8;2*1-2/h2-5H,6H2,1H3;2-5,10H,1H3;2*1-2H3.